The summed E-state index contributed by atoms with van der Waals surface area (Å²) in [5.41, 5.74) is 3.30. The van der Waals surface area contributed by atoms with Crippen LogP contribution < -0.4 is 23.7 Å². The van der Waals surface area contributed by atoms with E-state index in [1.165, 1.54) is 39.8 Å². The third-order valence-electron chi connectivity index (χ3n) is 8.31. The Kier molecular flexibility index (Phi) is 11.1. The summed E-state index contributed by atoms with van der Waals surface area (Å²) in [7, 11) is 0. The van der Waals surface area contributed by atoms with Crippen LogP contribution in [0.2, 0.25) is 0 Å². The van der Waals surface area contributed by atoms with E-state index in [1.54, 1.807) is 24.3 Å². The summed E-state index contributed by atoms with van der Waals surface area (Å²) in [6.07, 6.45) is 3.49. The maximum Gasteiger partial charge on any atom is 0.338 e. The second-order valence-corrected chi connectivity index (χ2v) is 12.9. The minimum absolute atomic E-state index is 0.0122. The topological polar surface area (TPSA) is 127 Å². The van der Waals surface area contributed by atoms with Gasteiger partial charge >= 0.3 is 23.9 Å². The average Bonchev–Trinajstić information content (AvgIpc) is 3.87. The SMILES string of the molecule is C=C(C)C(=O)Oc1ccc(-c2ccc(-c3ccc(OC(=O)C(=C)C)c(OC(=O)C(=C)C)c3)c(OCC3CCC4OC4C3)c2)cc1OC(=O)C(=C)C. The monoisotopic (exact) mass is 692 g/mol. The smallest absolute Gasteiger partial charge is 0.338 e. The van der Waals surface area contributed by atoms with E-state index in [1.807, 2.05) is 18.2 Å². The van der Waals surface area contributed by atoms with Crippen LogP contribution in [0.3, 0.4) is 0 Å². The highest BCUT2D eigenvalue weighted by Gasteiger charge is 2.44. The molecule has 51 heavy (non-hydrogen) atoms. The first-order valence-corrected chi connectivity index (χ1v) is 16.4. The molecule has 0 radical (unpaired) electrons. The summed E-state index contributed by atoms with van der Waals surface area (Å²) in [4.78, 5) is 49.8. The van der Waals surface area contributed by atoms with Crippen LogP contribution in [0, 0.1) is 5.92 Å². The quantitative estimate of drug-likeness (QED) is 0.0755. The van der Waals surface area contributed by atoms with E-state index in [9.17, 15) is 19.2 Å². The number of carbonyl (C=O) groups is 4. The Morgan fingerprint density at radius 2 is 1.00 bits per heavy atom. The minimum atomic E-state index is -0.690. The third kappa shape index (κ3) is 9.09. The molecule has 3 aromatic rings. The number of carbonyl (C=O) groups excluding carboxylic acids is 4. The fourth-order valence-electron chi connectivity index (χ4n) is 5.34. The van der Waals surface area contributed by atoms with E-state index < -0.39 is 23.9 Å². The molecule has 0 aromatic heterocycles. The molecule has 5 rings (SSSR count). The minimum Gasteiger partial charge on any atom is -0.493 e. The number of esters is 4. The van der Waals surface area contributed by atoms with Crippen LogP contribution in [0.4, 0.5) is 0 Å². The number of rotatable bonds is 13. The maximum absolute atomic E-state index is 12.6. The normalized spacial score (nSPS) is 17.2. The molecule has 1 aliphatic carbocycles. The molecular formula is C41H40O10. The van der Waals surface area contributed by atoms with Gasteiger partial charge in [0.05, 0.1) is 18.8 Å². The Morgan fingerprint density at radius 3 is 1.49 bits per heavy atom. The van der Waals surface area contributed by atoms with Gasteiger partial charge in [-0.3, -0.25) is 0 Å². The zero-order valence-electron chi connectivity index (χ0n) is 29.2. The third-order valence-corrected chi connectivity index (χ3v) is 8.31. The molecule has 1 heterocycles. The van der Waals surface area contributed by atoms with Gasteiger partial charge in [0.25, 0.3) is 0 Å². The van der Waals surface area contributed by atoms with Gasteiger partial charge in [-0.25, -0.2) is 19.2 Å². The lowest BCUT2D eigenvalue weighted by molar-refractivity contribution is -0.132. The first-order valence-electron chi connectivity index (χ1n) is 16.4. The number of ether oxygens (including phenoxy) is 6. The van der Waals surface area contributed by atoms with Crippen molar-refractivity contribution in [2.45, 2.75) is 59.2 Å². The number of benzene rings is 3. The van der Waals surface area contributed by atoms with Crippen LogP contribution in [0.25, 0.3) is 22.3 Å². The first kappa shape index (κ1) is 36.5. The van der Waals surface area contributed by atoms with Crippen molar-refractivity contribution in [1.82, 2.24) is 0 Å². The second-order valence-electron chi connectivity index (χ2n) is 12.9. The van der Waals surface area contributed by atoms with Crippen molar-refractivity contribution in [2.75, 3.05) is 6.61 Å². The molecule has 0 bridgehead atoms. The Bertz CT molecular complexity index is 1970. The molecule has 3 unspecified atom stereocenters. The summed E-state index contributed by atoms with van der Waals surface area (Å²) in [6.45, 7) is 21.0. The molecule has 3 aromatic carbocycles. The molecule has 264 valence electrons. The Morgan fingerprint density at radius 1 is 0.569 bits per heavy atom. The zero-order chi connectivity index (χ0) is 37.0. The zero-order valence-corrected chi connectivity index (χ0v) is 29.2. The van der Waals surface area contributed by atoms with Crippen molar-refractivity contribution in [3.8, 4) is 51.0 Å². The number of fused-ring (bicyclic) bond motifs is 1. The average molecular weight is 693 g/mol. The standard InChI is InChI=1S/C41H40O10/c1-22(2)38(42)48-32-15-11-28(19-36(32)50-40(44)24(5)6)27-10-13-30(34(18-27)46-21-26-9-14-31-35(17-26)47-31)29-12-16-33(49-39(43)23(3)4)37(20-29)51-41(45)25(7)8/h10-13,15-16,18-20,26,31,35H,1,3,5,7,9,14,17,21H2,2,4,6,8H3. The number of hydrogen-bond acceptors (Lipinski definition) is 10. The predicted octanol–water partition coefficient (Wildman–Crippen LogP) is 7.89. The Hall–Kier alpha value is -5.74. The Balaban J connectivity index is 1.56. The molecular weight excluding hydrogens is 652 g/mol. The fraction of sp³-hybridized carbons (Fsp3) is 0.268. The molecule has 10 heteroatoms. The molecule has 3 atom stereocenters. The van der Waals surface area contributed by atoms with Gasteiger partial charge in [0.1, 0.15) is 5.75 Å². The van der Waals surface area contributed by atoms with Gasteiger partial charge in [0.15, 0.2) is 23.0 Å². The van der Waals surface area contributed by atoms with Crippen LogP contribution in [0.5, 0.6) is 28.7 Å². The van der Waals surface area contributed by atoms with Crippen molar-refractivity contribution in [2.24, 2.45) is 5.92 Å². The highest BCUT2D eigenvalue weighted by molar-refractivity contribution is 5.93. The van der Waals surface area contributed by atoms with Gasteiger partial charge in [-0.15, -0.1) is 0 Å². The van der Waals surface area contributed by atoms with Gasteiger partial charge in [-0.2, -0.15) is 0 Å². The van der Waals surface area contributed by atoms with Gasteiger partial charge in [-0.1, -0.05) is 50.6 Å². The van der Waals surface area contributed by atoms with Crippen molar-refractivity contribution in [1.29, 1.82) is 0 Å². The molecule has 0 spiro atoms. The van der Waals surface area contributed by atoms with Crippen molar-refractivity contribution < 1.29 is 47.6 Å². The second kappa shape index (κ2) is 15.4. The first-order chi connectivity index (χ1) is 24.2. The molecule has 0 amide bonds. The molecule has 2 aliphatic rings. The van der Waals surface area contributed by atoms with Crippen molar-refractivity contribution in [3.05, 3.63) is 103 Å². The molecule has 10 nitrogen and oxygen atoms in total. The Labute approximate surface area is 296 Å². The van der Waals surface area contributed by atoms with E-state index >= 15 is 0 Å². The summed E-state index contributed by atoms with van der Waals surface area (Å²) in [5.74, 6) is -1.81. The number of epoxide rings is 1. The maximum atomic E-state index is 12.6. The lowest BCUT2D eigenvalue weighted by Gasteiger charge is -2.21. The summed E-state index contributed by atoms with van der Waals surface area (Å²) in [6, 6.07) is 15.2. The molecule has 2 fully saturated rings. The molecule has 1 saturated heterocycles. The molecule has 1 aliphatic heterocycles. The summed E-state index contributed by atoms with van der Waals surface area (Å²) < 4.78 is 34.3. The molecule has 1 saturated carbocycles. The molecule has 0 N–H and O–H groups in total. The van der Waals surface area contributed by atoms with Crippen LogP contribution in [-0.2, 0) is 23.9 Å². The van der Waals surface area contributed by atoms with Gasteiger partial charge in [-0.05, 0) is 99.9 Å². The lowest BCUT2D eigenvalue weighted by Crippen LogP contribution is -2.20. The van der Waals surface area contributed by atoms with E-state index in [-0.39, 0.29) is 57.3 Å². The van der Waals surface area contributed by atoms with Crippen LogP contribution in [0.15, 0.2) is 103 Å². The van der Waals surface area contributed by atoms with E-state index in [0.29, 0.717) is 40.7 Å². The van der Waals surface area contributed by atoms with Crippen molar-refractivity contribution in [3.63, 3.8) is 0 Å². The largest absolute Gasteiger partial charge is 0.493 e. The fourth-order valence-corrected chi connectivity index (χ4v) is 5.34. The highest BCUT2D eigenvalue weighted by Crippen LogP contribution is 2.43. The van der Waals surface area contributed by atoms with E-state index in [2.05, 4.69) is 26.3 Å². The summed E-state index contributed by atoms with van der Waals surface area (Å²) >= 11 is 0. The number of hydrogen-bond donors (Lipinski definition) is 0. The van der Waals surface area contributed by atoms with Crippen LogP contribution in [0.1, 0.15) is 47.0 Å². The van der Waals surface area contributed by atoms with E-state index in [0.717, 1.165) is 19.3 Å². The summed E-state index contributed by atoms with van der Waals surface area (Å²) in [5, 5.41) is 0. The van der Waals surface area contributed by atoms with Crippen LogP contribution >= 0.6 is 0 Å². The lowest BCUT2D eigenvalue weighted by atomic mass is 9.90. The highest BCUT2D eigenvalue weighted by atomic mass is 16.6. The van der Waals surface area contributed by atoms with E-state index in [4.69, 9.17) is 28.4 Å². The van der Waals surface area contributed by atoms with Gasteiger partial charge in [0.2, 0.25) is 0 Å². The van der Waals surface area contributed by atoms with Crippen molar-refractivity contribution >= 4 is 23.9 Å². The predicted molar refractivity (Wildman–Crippen MR) is 191 cm³/mol. The van der Waals surface area contributed by atoms with Crippen LogP contribution in [-0.4, -0.2) is 42.7 Å². The van der Waals surface area contributed by atoms with Gasteiger partial charge < -0.3 is 28.4 Å². The van der Waals surface area contributed by atoms with Gasteiger partial charge in [0, 0.05) is 27.9 Å².